The van der Waals surface area contributed by atoms with Crippen molar-refractivity contribution < 1.29 is 9.59 Å². The van der Waals surface area contributed by atoms with Crippen LogP contribution in [0, 0.1) is 5.41 Å². The quantitative estimate of drug-likeness (QED) is 0.186. The monoisotopic (exact) mass is 519 g/mol. The van der Waals surface area contributed by atoms with Crippen LogP contribution in [-0.4, -0.2) is 66.0 Å². The smallest absolute Gasteiger partial charge is 0.325 e. The molecule has 166 valence electrons. The average Bonchev–Trinajstić information content (AvgIpc) is 3.18. The Morgan fingerprint density at radius 2 is 1.90 bits per heavy atom. The summed E-state index contributed by atoms with van der Waals surface area (Å²) in [6, 6.07) is -0.274. The minimum absolute atomic E-state index is 0. The Bertz CT molecular complexity index is 620. The molecule has 1 unspecified atom stereocenters. The highest BCUT2D eigenvalue weighted by Gasteiger charge is 2.46. The maximum Gasteiger partial charge on any atom is 0.325 e. The van der Waals surface area contributed by atoms with Crippen LogP contribution < -0.4 is 10.6 Å². The van der Waals surface area contributed by atoms with Crippen molar-refractivity contribution in [3.05, 3.63) is 0 Å². The van der Waals surface area contributed by atoms with Crippen molar-refractivity contribution in [2.75, 3.05) is 32.7 Å². The highest BCUT2D eigenvalue weighted by molar-refractivity contribution is 14.0. The van der Waals surface area contributed by atoms with Crippen molar-refractivity contribution >= 4 is 41.9 Å². The van der Waals surface area contributed by atoms with Gasteiger partial charge in [-0.05, 0) is 51.4 Å². The molecular formula is C21H38IN5O2. The number of hydrogen-bond acceptors (Lipinski definition) is 3. The van der Waals surface area contributed by atoms with E-state index in [1.54, 1.807) is 6.92 Å². The zero-order valence-electron chi connectivity index (χ0n) is 18.3. The van der Waals surface area contributed by atoms with E-state index in [1.807, 2.05) is 6.92 Å². The van der Waals surface area contributed by atoms with E-state index >= 15 is 0 Å². The van der Waals surface area contributed by atoms with Crippen molar-refractivity contribution in [2.24, 2.45) is 10.4 Å². The molecule has 1 atom stereocenters. The Kier molecular flexibility index (Phi) is 8.60. The summed E-state index contributed by atoms with van der Waals surface area (Å²) >= 11 is 0. The Morgan fingerprint density at radius 3 is 2.52 bits per heavy atom. The summed E-state index contributed by atoms with van der Waals surface area (Å²) in [5, 5.41) is 6.24. The van der Waals surface area contributed by atoms with Crippen LogP contribution in [0.15, 0.2) is 4.99 Å². The second-order valence-corrected chi connectivity index (χ2v) is 8.89. The molecule has 0 bridgehead atoms. The minimum Gasteiger partial charge on any atom is -0.357 e. The SMILES string of the molecule is CCNC(=NCCCN1C(=O)NC(C)(CC)C1=O)N1CCC2(CCCCC2)C1.I. The lowest BCUT2D eigenvalue weighted by molar-refractivity contribution is -0.130. The Balaban J connectivity index is 0.00000300. The minimum atomic E-state index is -0.751. The summed E-state index contributed by atoms with van der Waals surface area (Å²) in [7, 11) is 0. The number of carbonyl (C=O) groups is 2. The zero-order chi connectivity index (χ0) is 20.2. The fourth-order valence-electron chi connectivity index (χ4n) is 4.86. The molecule has 3 rings (SSSR count). The number of aliphatic imine (C=N–C) groups is 1. The van der Waals surface area contributed by atoms with Gasteiger partial charge in [-0.2, -0.15) is 0 Å². The molecule has 0 radical (unpaired) electrons. The van der Waals surface area contributed by atoms with Crippen LogP contribution in [0.4, 0.5) is 4.79 Å². The van der Waals surface area contributed by atoms with Gasteiger partial charge in [-0.15, -0.1) is 24.0 Å². The van der Waals surface area contributed by atoms with Crippen molar-refractivity contribution in [2.45, 2.75) is 77.7 Å². The molecule has 1 spiro atoms. The normalized spacial score (nSPS) is 26.7. The van der Waals surface area contributed by atoms with Crippen LogP contribution in [0.3, 0.4) is 0 Å². The van der Waals surface area contributed by atoms with E-state index in [0.717, 1.165) is 25.6 Å². The molecule has 3 fully saturated rings. The van der Waals surface area contributed by atoms with E-state index in [9.17, 15) is 9.59 Å². The summed E-state index contributed by atoms with van der Waals surface area (Å²) in [5.74, 6) is 0.871. The van der Waals surface area contributed by atoms with Gasteiger partial charge < -0.3 is 15.5 Å². The summed E-state index contributed by atoms with van der Waals surface area (Å²) in [5.41, 5.74) is -0.252. The second-order valence-electron chi connectivity index (χ2n) is 8.89. The molecule has 8 heteroatoms. The highest BCUT2D eigenvalue weighted by Crippen LogP contribution is 2.43. The molecular weight excluding hydrogens is 481 g/mol. The number of likely N-dealkylation sites (tertiary alicyclic amines) is 1. The van der Waals surface area contributed by atoms with Crippen molar-refractivity contribution in [3.63, 3.8) is 0 Å². The fourth-order valence-corrected chi connectivity index (χ4v) is 4.86. The number of nitrogens with one attached hydrogen (secondary N) is 2. The third kappa shape index (κ3) is 5.35. The predicted molar refractivity (Wildman–Crippen MR) is 127 cm³/mol. The lowest BCUT2D eigenvalue weighted by Gasteiger charge is -2.33. The lowest BCUT2D eigenvalue weighted by Crippen LogP contribution is -2.43. The van der Waals surface area contributed by atoms with Gasteiger partial charge in [-0.25, -0.2) is 4.79 Å². The van der Waals surface area contributed by atoms with Gasteiger partial charge in [0.1, 0.15) is 5.54 Å². The van der Waals surface area contributed by atoms with E-state index in [-0.39, 0.29) is 35.9 Å². The standard InChI is InChI=1S/C21H37N5O2.HI/c1-4-20(3)17(27)26(19(28)24-20)14-9-13-23-18(22-5-2)25-15-12-21(16-25)10-7-6-8-11-21;/h4-16H2,1-3H3,(H,22,23)(H,24,28);1H. The number of urea groups is 1. The molecule has 2 heterocycles. The Hall–Kier alpha value is -1.06. The average molecular weight is 519 g/mol. The van der Waals surface area contributed by atoms with Gasteiger partial charge in [0.15, 0.2) is 5.96 Å². The molecule has 0 aromatic carbocycles. The number of nitrogens with zero attached hydrogens (tertiary/aromatic N) is 3. The summed E-state index contributed by atoms with van der Waals surface area (Å²) in [4.78, 5) is 33.1. The van der Waals surface area contributed by atoms with Gasteiger partial charge in [0, 0.05) is 32.7 Å². The molecule has 0 aromatic heterocycles. The van der Waals surface area contributed by atoms with Crippen LogP contribution in [0.1, 0.15) is 72.1 Å². The molecule has 29 heavy (non-hydrogen) atoms. The van der Waals surface area contributed by atoms with E-state index < -0.39 is 5.54 Å². The van der Waals surface area contributed by atoms with Crippen molar-refractivity contribution in [1.29, 1.82) is 0 Å². The number of amides is 3. The Morgan fingerprint density at radius 1 is 1.17 bits per heavy atom. The topological polar surface area (TPSA) is 77.0 Å². The first kappa shape index (κ1) is 24.2. The van der Waals surface area contributed by atoms with Gasteiger partial charge >= 0.3 is 6.03 Å². The van der Waals surface area contributed by atoms with E-state index in [2.05, 4.69) is 22.5 Å². The van der Waals surface area contributed by atoms with Gasteiger partial charge in [-0.3, -0.25) is 14.7 Å². The van der Waals surface area contributed by atoms with Crippen molar-refractivity contribution in [1.82, 2.24) is 20.4 Å². The number of imide groups is 1. The van der Waals surface area contributed by atoms with Gasteiger partial charge in [0.25, 0.3) is 5.91 Å². The summed E-state index contributed by atoms with van der Waals surface area (Å²) in [6.07, 6.45) is 9.39. The number of hydrogen-bond donors (Lipinski definition) is 2. The first-order chi connectivity index (χ1) is 13.4. The molecule has 1 saturated carbocycles. The molecule has 0 aromatic rings. The van der Waals surface area contributed by atoms with E-state index in [1.165, 1.54) is 43.4 Å². The van der Waals surface area contributed by atoms with Crippen molar-refractivity contribution in [3.8, 4) is 0 Å². The first-order valence-electron chi connectivity index (χ1n) is 11.1. The third-order valence-corrected chi connectivity index (χ3v) is 6.84. The molecule has 2 saturated heterocycles. The maximum atomic E-state index is 12.5. The fraction of sp³-hybridized carbons (Fsp3) is 0.857. The largest absolute Gasteiger partial charge is 0.357 e. The van der Waals surface area contributed by atoms with Gasteiger partial charge in [0.2, 0.25) is 0 Å². The number of carbonyl (C=O) groups excluding carboxylic acids is 2. The predicted octanol–water partition coefficient (Wildman–Crippen LogP) is 3.34. The molecule has 1 aliphatic carbocycles. The second kappa shape index (κ2) is 10.3. The zero-order valence-corrected chi connectivity index (χ0v) is 20.6. The molecule has 7 nitrogen and oxygen atoms in total. The van der Waals surface area contributed by atoms with Crippen LogP contribution in [0.5, 0.6) is 0 Å². The van der Waals surface area contributed by atoms with Crippen LogP contribution in [0.25, 0.3) is 0 Å². The number of halogens is 1. The summed E-state index contributed by atoms with van der Waals surface area (Å²) < 4.78 is 0. The van der Waals surface area contributed by atoms with Crippen LogP contribution >= 0.6 is 24.0 Å². The van der Waals surface area contributed by atoms with Crippen LogP contribution in [0.2, 0.25) is 0 Å². The highest BCUT2D eigenvalue weighted by atomic mass is 127. The van der Waals surface area contributed by atoms with Gasteiger partial charge in [0.05, 0.1) is 0 Å². The number of rotatable bonds is 6. The number of guanidine groups is 1. The molecule has 2 N–H and O–H groups in total. The molecule has 2 aliphatic heterocycles. The summed E-state index contributed by atoms with van der Waals surface area (Å²) in [6.45, 7) is 9.89. The van der Waals surface area contributed by atoms with E-state index in [0.29, 0.717) is 31.3 Å². The molecule has 3 aliphatic rings. The maximum absolute atomic E-state index is 12.5. The van der Waals surface area contributed by atoms with E-state index in [4.69, 9.17) is 4.99 Å². The van der Waals surface area contributed by atoms with Gasteiger partial charge in [-0.1, -0.05) is 26.2 Å². The lowest BCUT2D eigenvalue weighted by atomic mass is 9.73. The molecule has 3 amide bonds. The third-order valence-electron chi connectivity index (χ3n) is 6.84. The van der Waals surface area contributed by atoms with Crippen LogP contribution in [-0.2, 0) is 4.79 Å². The first-order valence-corrected chi connectivity index (χ1v) is 11.1. The Labute approximate surface area is 192 Å².